The SMILES string of the molecule is C1=C(c2ccccc2)CC[NH2+]C1.[Cl-]. The zero-order valence-corrected chi connectivity index (χ0v) is 8.30. The van der Waals surface area contributed by atoms with Gasteiger partial charge in [-0.2, -0.15) is 0 Å². The van der Waals surface area contributed by atoms with Gasteiger partial charge in [-0.25, -0.2) is 0 Å². The van der Waals surface area contributed by atoms with Crippen molar-refractivity contribution in [3.63, 3.8) is 0 Å². The van der Waals surface area contributed by atoms with Crippen molar-refractivity contribution in [2.24, 2.45) is 0 Å². The fourth-order valence-corrected chi connectivity index (χ4v) is 1.62. The Hall–Kier alpha value is -0.790. The van der Waals surface area contributed by atoms with Gasteiger partial charge >= 0.3 is 0 Å². The summed E-state index contributed by atoms with van der Waals surface area (Å²) in [6.45, 7) is 2.38. The molecule has 2 heteroatoms. The van der Waals surface area contributed by atoms with E-state index >= 15 is 0 Å². The van der Waals surface area contributed by atoms with Crippen LogP contribution in [0.25, 0.3) is 5.57 Å². The van der Waals surface area contributed by atoms with Crippen LogP contribution in [-0.2, 0) is 0 Å². The first kappa shape index (κ1) is 10.3. The van der Waals surface area contributed by atoms with Crippen LogP contribution in [0, 0.1) is 0 Å². The van der Waals surface area contributed by atoms with Gasteiger partial charge in [-0.3, -0.25) is 0 Å². The summed E-state index contributed by atoms with van der Waals surface area (Å²) >= 11 is 0. The summed E-state index contributed by atoms with van der Waals surface area (Å²) in [4.78, 5) is 0. The Bertz CT molecular complexity index is 279. The van der Waals surface area contributed by atoms with E-state index in [1.54, 1.807) is 0 Å². The van der Waals surface area contributed by atoms with Crippen LogP contribution in [0.1, 0.15) is 12.0 Å². The van der Waals surface area contributed by atoms with Crippen LogP contribution in [0.2, 0.25) is 0 Å². The second-order valence-electron chi connectivity index (χ2n) is 3.16. The molecule has 2 N–H and O–H groups in total. The topological polar surface area (TPSA) is 16.6 Å². The summed E-state index contributed by atoms with van der Waals surface area (Å²) in [6.07, 6.45) is 3.54. The fourth-order valence-electron chi connectivity index (χ4n) is 1.62. The second-order valence-corrected chi connectivity index (χ2v) is 3.16. The van der Waals surface area contributed by atoms with Crippen LogP contribution in [-0.4, -0.2) is 13.1 Å². The van der Waals surface area contributed by atoms with Gasteiger partial charge in [0.2, 0.25) is 0 Å². The molecular weight excluding hydrogens is 182 g/mol. The van der Waals surface area contributed by atoms with Crippen LogP contribution < -0.4 is 17.7 Å². The van der Waals surface area contributed by atoms with Crippen LogP contribution in [0.5, 0.6) is 0 Å². The van der Waals surface area contributed by atoms with Crippen molar-refractivity contribution in [2.75, 3.05) is 13.1 Å². The van der Waals surface area contributed by atoms with Crippen LogP contribution in [0.15, 0.2) is 36.4 Å². The molecule has 0 spiro atoms. The smallest absolute Gasteiger partial charge is 0.0948 e. The molecule has 0 saturated carbocycles. The minimum atomic E-state index is 0. The third kappa shape index (κ3) is 2.58. The zero-order chi connectivity index (χ0) is 8.23. The second kappa shape index (κ2) is 5.05. The van der Waals surface area contributed by atoms with E-state index in [0.717, 1.165) is 6.54 Å². The third-order valence-electron chi connectivity index (χ3n) is 2.29. The van der Waals surface area contributed by atoms with E-state index in [0.29, 0.717) is 0 Å². The standard InChI is InChI=1S/C11H13N.ClH/c1-2-4-10(5-3-1)11-6-8-12-9-7-11;/h1-6,12H,7-9H2;1H. The molecule has 1 aromatic rings. The van der Waals surface area contributed by atoms with Gasteiger partial charge in [-0.05, 0) is 17.2 Å². The van der Waals surface area contributed by atoms with Crippen LogP contribution in [0.3, 0.4) is 0 Å². The lowest BCUT2D eigenvalue weighted by molar-refractivity contribution is -0.646. The lowest BCUT2D eigenvalue weighted by Crippen LogP contribution is -3.00. The summed E-state index contributed by atoms with van der Waals surface area (Å²) < 4.78 is 0. The van der Waals surface area contributed by atoms with Gasteiger partial charge in [-0.1, -0.05) is 30.3 Å². The molecule has 13 heavy (non-hydrogen) atoms. The Morgan fingerprint density at radius 1 is 1.08 bits per heavy atom. The highest BCUT2D eigenvalue weighted by atomic mass is 35.5. The number of hydrogen-bond donors (Lipinski definition) is 1. The van der Waals surface area contributed by atoms with Crippen molar-refractivity contribution in [1.82, 2.24) is 0 Å². The molecule has 0 amide bonds. The average molecular weight is 196 g/mol. The molecule has 70 valence electrons. The van der Waals surface area contributed by atoms with Gasteiger partial charge < -0.3 is 17.7 Å². The molecular formula is C11H14ClN. The van der Waals surface area contributed by atoms with Crippen molar-refractivity contribution < 1.29 is 17.7 Å². The molecule has 0 aliphatic carbocycles. The quantitative estimate of drug-likeness (QED) is 0.536. The normalized spacial score (nSPS) is 15.8. The fraction of sp³-hybridized carbons (Fsp3) is 0.273. The van der Waals surface area contributed by atoms with Crippen LogP contribution >= 0.6 is 0 Å². The Morgan fingerprint density at radius 2 is 1.85 bits per heavy atom. The van der Waals surface area contributed by atoms with Crippen molar-refractivity contribution in [3.05, 3.63) is 42.0 Å². The van der Waals surface area contributed by atoms with Gasteiger partial charge in [0.15, 0.2) is 0 Å². The summed E-state index contributed by atoms with van der Waals surface area (Å²) in [7, 11) is 0. The lowest BCUT2D eigenvalue weighted by Gasteiger charge is -2.11. The molecule has 0 aromatic heterocycles. The highest BCUT2D eigenvalue weighted by Gasteiger charge is 2.05. The van der Waals surface area contributed by atoms with Crippen molar-refractivity contribution in [2.45, 2.75) is 6.42 Å². The van der Waals surface area contributed by atoms with Crippen molar-refractivity contribution in [3.8, 4) is 0 Å². The van der Waals surface area contributed by atoms with Gasteiger partial charge in [0.05, 0.1) is 13.1 Å². The van der Waals surface area contributed by atoms with Gasteiger partial charge in [0.25, 0.3) is 0 Å². The molecule has 0 bridgehead atoms. The maximum atomic E-state index is 2.34. The Balaban J connectivity index is 0.000000845. The summed E-state index contributed by atoms with van der Waals surface area (Å²) in [6, 6.07) is 10.7. The number of quaternary nitrogens is 1. The number of rotatable bonds is 1. The maximum absolute atomic E-state index is 2.34. The number of nitrogens with two attached hydrogens (primary N) is 1. The van der Waals surface area contributed by atoms with Gasteiger partial charge in [0.1, 0.15) is 0 Å². The molecule has 2 rings (SSSR count). The van der Waals surface area contributed by atoms with Crippen molar-refractivity contribution >= 4 is 5.57 Å². The van der Waals surface area contributed by atoms with E-state index in [9.17, 15) is 0 Å². The Morgan fingerprint density at radius 3 is 2.46 bits per heavy atom. The zero-order valence-electron chi connectivity index (χ0n) is 7.54. The van der Waals surface area contributed by atoms with E-state index in [2.05, 4.69) is 41.7 Å². The largest absolute Gasteiger partial charge is 1.00 e. The molecule has 0 unspecified atom stereocenters. The minimum Gasteiger partial charge on any atom is -1.00 e. The molecule has 1 aliphatic rings. The summed E-state index contributed by atoms with van der Waals surface area (Å²) in [5, 5.41) is 2.34. The highest BCUT2D eigenvalue weighted by molar-refractivity contribution is 5.65. The van der Waals surface area contributed by atoms with E-state index < -0.39 is 0 Å². The monoisotopic (exact) mass is 195 g/mol. The highest BCUT2D eigenvalue weighted by Crippen LogP contribution is 2.16. The lowest BCUT2D eigenvalue weighted by atomic mass is 10.0. The maximum Gasteiger partial charge on any atom is 0.0948 e. The molecule has 0 fully saturated rings. The molecule has 1 heterocycles. The van der Waals surface area contributed by atoms with E-state index in [4.69, 9.17) is 0 Å². The minimum absolute atomic E-state index is 0. The first-order chi connectivity index (χ1) is 5.97. The predicted molar refractivity (Wildman–Crippen MR) is 50.7 cm³/mol. The van der Waals surface area contributed by atoms with E-state index in [1.807, 2.05) is 0 Å². The van der Waals surface area contributed by atoms with Gasteiger partial charge in [-0.15, -0.1) is 0 Å². The van der Waals surface area contributed by atoms with Crippen molar-refractivity contribution in [1.29, 1.82) is 0 Å². The Kier molecular flexibility index (Phi) is 4.00. The molecule has 1 aliphatic heterocycles. The number of halogens is 1. The Labute approximate surface area is 85.3 Å². The molecule has 0 saturated heterocycles. The molecule has 1 aromatic carbocycles. The number of benzene rings is 1. The summed E-state index contributed by atoms with van der Waals surface area (Å²) in [5.74, 6) is 0. The first-order valence-electron chi connectivity index (χ1n) is 4.53. The van der Waals surface area contributed by atoms with Gasteiger partial charge in [0, 0.05) is 6.42 Å². The van der Waals surface area contributed by atoms with E-state index in [-0.39, 0.29) is 12.4 Å². The third-order valence-corrected chi connectivity index (χ3v) is 2.29. The predicted octanol–water partition coefficient (Wildman–Crippen LogP) is -1.96. The van der Waals surface area contributed by atoms with E-state index in [1.165, 1.54) is 24.1 Å². The molecule has 0 atom stereocenters. The van der Waals surface area contributed by atoms with Crippen LogP contribution in [0.4, 0.5) is 0 Å². The average Bonchev–Trinajstić information content (AvgIpc) is 2.21. The molecule has 1 nitrogen and oxygen atoms in total. The first-order valence-corrected chi connectivity index (χ1v) is 4.53. The summed E-state index contributed by atoms with van der Waals surface area (Å²) in [5.41, 5.74) is 2.91. The molecule has 0 radical (unpaired) electrons. The number of hydrogen-bond acceptors (Lipinski definition) is 0.